The molecule has 40 heavy (non-hydrogen) atoms. The van der Waals surface area contributed by atoms with E-state index in [1.807, 2.05) is 0 Å². The van der Waals surface area contributed by atoms with Gasteiger partial charge in [0.1, 0.15) is 27.6 Å². The van der Waals surface area contributed by atoms with Crippen molar-refractivity contribution in [3.8, 4) is 22.6 Å². The lowest BCUT2D eigenvalue weighted by Gasteiger charge is -2.34. The fourth-order valence-corrected chi connectivity index (χ4v) is 7.05. The number of aliphatic hydroxyl groups is 1. The van der Waals surface area contributed by atoms with Crippen LogP contribution in [-0.4, -0.2) is 42.0 Å². The fraction of sp³-hybridized carbons (Fsp3) is 0.370. The number of rotatable bonds is 7. The van der Waals surface area contributed by atoms with E-state index in [1.54, 1.807) is 24.3 Å². The maximum Gasteiger partial charge on any atom is 0.179 e. The Morgan fingerprint density at radius 1 is 1.15 bits per heavy atom. The van der Waals surface area contributed by atoms with Gasteiger partial charge in [0.2, 0.25) is 0 Å². The third-order valence-electron chi connectivity index (χ3n) is 7.65. The first kappa shape index (κ1) is 26.0. The van der Waals surface area contributed by atoms with E-state index in [0.717, 1.165) is 24.2 Å². The number of hydrogen-bond acceptors (Lipinski definition) is 9. The van der Waals surface area contributed by atoms with Gasteiger partial charge in [0.25, 0.3) is 0 Å². The van der Waals surface area contributed by atoms with Crippen LogP contribution in [0.4, 0.5) is 4.39 Å². The largest absolute Gasteiger partial charge is 0.383 e. The van der Waals surface area contributed by atoms with Gasteiger partial charge in [-0.05, 0) is 73.2 Å². The topological polar surface area (TPSA) is 123 Å². The highest BCUT2D eigenvalue weighted by molar-refractivity contribution is 7.18. The zero-order valence-corrected chi connectivity index (χ0v) is 23.4. The first-order chi connectivity index (χ1) is 19.4. The predicted octanol–water partition coefficient (Wildman–Crippen LogP) is 6.80. The Morgan fingerprint density at radius 3 is 2.62 bits per heavy atom. The molecular weight excluding hydrogens is 578 g/mol. The standard InChI is InChI=1S/C27H23Cl2FN6O3S/c28-17-2-1-3-18(29)21(17)22-16(24(39-34-22)13-4-5-13)12-38-15-6-8-27(37,9-7-15)26-31-23-19(30)10-14(11-20(23)40-26)25-32-35-36-33-25/h1-3,10-11,13,15,37H,4-9,12H2,(H,32,33,35,36)/t15-,27+. The summed E-state index contributed by atoms with van der Waals surface area (Å²) in [4.78, 5) is 4.49. The average molecular weight is 601 g/mol. The quantitative estimate of drug-likeness (QED) is 0.209. The number of fused-ring (bicyclic) bond motifs is 1. The highest BCUT2D eigenvalue weighted by Crippen LogP contribution is 2.47. The zero-order chi connectivity index (χ0) is 27.4. The first-order valence-corrected chi connectivity index (χ1v) is 14.6. The van der Waals surface area contributed by atoms with E-state index >= 15 is 0 Å². The number of aromatic nitrogens is 6. The van der Waals surface area contributed by atoms with Crippen LogP contribution in [0.3, 0.4) is 0 Å². The second kappa shape index (κ2) is 10.1. The Balaban J connectivity index is 1.07. The average Bonchev–Trinajstić information content (AvgIpc) is 3.31. The number of benzene rings is 2. The Hall–Kier alpha value is -2.96. The molecule has 206 valence electrons. The molecule has 2 fully saturated rings. The van der Waals surface area contributed by atoms with Crippen LogP contribution >= 0.6 is 34.5 Å². The van der Waals surface area contributed by atoms with Crippen LogP contribution < -0.4 is 0 Å². The number of tetrazole rings is 1. The second-order valence-corrected chi connectivity index (χ2v) is 12.2. The molecular formula is C27H23Cl2FN6O3S. The van der Waals surface area contributed by atoms with Crippen LogP contribution in [-0.2, 0) is 16.9 Å². The molecule has 0 atom stereocenters. The van der Waals surface area contributed by atoms with Gasteiger partial charge in [-0.15, -0.1) is 16.4 Å². The van der Waals surface area contributed by atoms with Gasteiger partial charge < -0.3 is 14.4 Å². The van der Waals surface area contributed by atoms with Crippen molar-refractivity contribution in [3.63, 3.8) is 0 Å². The van der Waals surface area contributed by atoms with Crippen LogP contribution in [0.1, 0.15) is 60.8 Å². The maximum absolute atomic E-state index is 14.9. The molecule has 2 saturated carbocycles. The summed E-state index contributed by atoms with van der Waals surface area (Å²) in [6.45, 7) is 0.306. The molecule has 2 aliphatic carbocycles. The van der Waals surface area contributed by atoms with E-state index in [2.05, 4.69) is 30.8 Å². The number of nitrogens with zero attached hydrogens (tertiary/aromatic N) is 5. The normalized spacial score (nSPS) is 21.4. The van der Waals surface area contributed by atoms with Crippen molar-refractivity contribution < 1.29 is 18.8 Å². The first-order valence-electron chi connectivity index (χ1n) is 13.0. The lowest BCUT2D eigenvalue weighted by Crippen LogP contribution is -2.34. The number of thiazole rings is 1. The molecule has 2 aromatic carbocycles. The lowest BCUT2D eigenvalue weighted by atomic mass is 9.83. The molecule has 2 aliphatic rings. The summed E-state index contributed by atoms with van der Waals surface area (Å²) < 4.78 is 27.6. The third-order valence-corrected chi connectivity index (χ3v) is 9.48. The number of aromatic amines is 1. The van der Waals surface area contributed by atoms with E-state index in [0.29, 0.717) is 80.6 Å². The van der Waals surface area contributed by atoms with E-state index in [9.17, 15) is 9.50 Å². The van der Waals surface area contributed by atoms with Gasteiger partial charge in [-0.1, -0.05) is 34.4 Å². The van der Waals surface area contributed by atoms with Crippen molar-refractivity contribution in [2.45, 2.75) is 62.8 Å². The molecule has 0 amide bonds. The summed E-state index contributed by atoms with van der Waals surface area (Å²) >= 11 is 14.2. The summed E-state index contributed by atoms with van der Waals surface area (Å²) in [7, 11) is 0. The summed E-state index contributed by atoms with van der Waals surface area (Å²) in [6, 6.07) is 8.47. The summed E-state index contributed by atoms with van der Waals surface area (Å²) in [6.07, 6.45) is 4.16. The van der Waals surface area contributed by atoms with Crippen molar-refractivity contribution in [1.82, 2.24) is 30.8 Å². The molecule has 0 saturated heterocycles. The predicted molar refractivity (Wildman–Crippen MR) is 148 cm³/mol. The highest BCUT2D eigenvalue weighted by Gasteiger charge is 2.39. The molecule has 0 aliphatic heterocycles. The molecule has 9 nitrogen and oxygen atoms in total. The molecule has 0 unspecified atom stereocenters. The Bertz CT molecular complexity index is 1680. The van der Waals surface area contributed by atoms with E-state index < -0.39 is 11.4 Å². The van der Waals surface area contributed by atoms with Gasteiger partial charge in [-0.2, -0.15) is 0 Å². The van der Waals surface area contributed by atoms with Crippen molar-refractivity contribution in [2.75, 3.05) is 0 Å². The number of H-pyrrole nitrogens is 1. The molecule has 7 rings (SSSR count). The van der Waals surface area contributed by atoms with E-state index in [-0.39, 0.29) is 11.6 Å². The molecule has 0 radical (unpaired) electrons. The van der Waals surface area contributed by atoms with Gasteiger partial charge in [-0.3, -0.25) is 0 Å². The van der Waals surface area contributed by atoms with Crippen LogP contribution in [0, 0.1) is 5.82 Å². The van der Waals surface area contributed by atoms with Gasteiger partial charge in [0, 0.05) is 22.6 Å². The summed E-state index contributed by atoms with van der Waals surface area (Å²) in [5, 5.41) is 31.0. The van der Waals surface area contributed by atoms with Crippen molar-refractivity contribution in [3.05, 3.63) is 62.5 Å². The molecule has 5 aromatic rings. The van der Waals surface area contributed by atoms with Gasteiger partial charge >= 0.3 is 0 Å². The minimum atomic E-state index is -1.16. The maximum atomic E-state index is 14.9. The smallest absolute Gasteiger partial charge is 0.179 e. The SMILES string of the molecule is O[C@]1(c2nc3c(F)cc(-c4nnn[nH]4)cc3s2)CC[C@H](OCc2c(-c3c(Cl)cccc3Cl)noc2C2CC2)CC1. The molecule has 3 aromatic heterocycles. The Kier molecular flexibility index (Phi) is 6.59. The van der Waals surface area contributed by atoms with Gasteiger partial charge in [-0.25, -0.2) is 14.5 Å². The molecule has 2 N–H and O–H groups in total. The fourth-order valence-electron chi connectivity index (χ4n) is 5.30. The van der Waals surface area contributed by atoms with E-state index in [4.69, 9.17) is 32.5 Å². The van der Waals surface area contributed by atoms with Crippen molar-refractivity contribution >= 4 is 44.8 Å². The number of halogens is 3. The summed E-state index contributed by atoms with van der Waals surface area (Å²) in [5.41, 5.74) is 1.72. The molecule has 0 spiro atoms. The number of ether oxygens (including phenoxy) is 1. The monoisotopic (exact) mass is 600 g/mol. The van der Waals surface area contributed by atoms with Crippen LogP contribution in [0.15, 0.2) is 34.9 Å². The van der Waals surface area contributed by atoms with Gasteiger partial charge in [0.15, 0.2) is 11.6 Å². The molecule has 3 heterocycles. The van der Waals surface area contributed by atoms with Crippen LogP contribution in [0.25, 0.3) is 32.9 Å². The van der Waals surface area contributed by atoms with Crippen molar-refractivity contribution in [1.29, 1.82) is 0 Å². The van der Waals surface area contributed by atoms with Gasteiger partial charge in [0.05, 0.1) is 27.5 Å². The molecule has 13 heteroatoms. The lowest BCUT2D eigenvalue weighted by molar-refractivity contribution is -0.0641. The molecule has 0 bridgehead atoms. The van der Waals surface area contributed by atoms with Crippen LogP contribution in [0.2, 0.25) is 10.0 Å². The minimum Gasteiger partial charge on any atom is -0.383 e. The number of nitrogens with one attached hydrogen (secondary N) is 1. The Labute approximate surface area is 241 Å². The van der Waals surface area contributed by atoms with E-state index in [1.165, 1.54) is 17.4 Å². The number of hydrogen-bond donors (Lipinski definition) is 2. The highest BCUT2D eigenvalue weighted by atomic mass is 35.5. The van der Waals surface area contributed by atoms with Crippen molar-refractivity contribution in [2.24, 2.45) is 0 Å². The third kappa shape index (κ3) is 4.69. The summed E-state index contributed by atoms with van der Waals surface area (Å²) in [5.74, 6) is 1.04. The Morgan fingerprint density at radius 2 is 1.93 bits per heavy atom. The minimum absolute atomic E-state index is 0.0755. The second-order valence-electron chi connectivity index (χ2n) is 10.4. The van der Waals surface area contributed by atoms with Crippen LogP contribution in [0.5, 0.6) is 0 Å². The zero-order valence-electron chi connectivity index (χ0n) is 21.0.